The molecule has 33 heavy (non-hydrogen) atoms. The molecule has 2 N–H and O–H groups in total. The number of hydrogen-bond donors (Lipinski definition) is 2. The molecule has 1 aliphatic rings. The van der Waals surface area contributed by atoms with Crippen LogP contribution in [-0.4, -0.2) is 44.5 Å². The monoisotopic (exact) mass is 446 g/mol. The Balaban J connectivity index is 1.49. The molecule has 1 fully saturated rings. The van der Waals surface area contributed by atoms with Crippen molar-refractivity contribution in [2.75, 3.05) is 25.5 Å². The van der Waals surface area contributed by atoms with Gasteiger partial charge in [0, 0.05) is 11.6 Å². The summed E-state index contributed by atoms with van der Waals surface area (Å²) in [7, 11) is 1.55. The van der Waals surface area contributed by atoms with E-state index in [1.807, 2.05) is 16.9 Å². The molecule has 4 aromatic rings. The lowest BCUT2D eigenvalue weighted by Crippen LogP contribution is -2.36. The van der Waals surface area contributed by atoms with Crippen molar-refractivity contribution >= 4 is 22.5 Å². The Labute approximate surface area is 189 Å². The van der Waals surface area contributed by atoms with Gasteiger partial charge >= 0.3 is 0 Å². The third-order valence-corrected chi connectivity index (χ3v) is 6.02. The number of rotatable bonds is 5. The summed E-state index contributed by atoms with van der Waals surface area (Å²) in [6, 6.07) is 9.49. The average Bonchev–Trinajstić information content (AvgIpc) is 3.44. The Bertz CT molecular complexity index is 1350. The van der Waals surface area contributed by atoms with E-state index in [1.165, 1.54) is 0 Å². The van der Waals surface area contributed by atoms with Crippen LogP contribution in [0.3, 0.4) is 0 Å². The first-order chi connectivity index (χ1) is 16.1. The Kier molecular flexibility index (Phi) is 5.40. The molecular formula is C23H23FN8O. The summed E-state index contributed by atoms with van der Waals surface area (Å²) in [6.07, 6.45) is 5.66. The zero-order valence-corrected chi connectivity index (χ0v) is 18.3. The van der Waals surface area contributed by atoms with Crippen molar-refractivity contribution in [3.05, 3.63) is 54.2 Å². The number of ether oxygens (including phenoxy) is 1. The number of benzene rings is 1. The number of nitrogens with one attached hydrogen (secondary N) is 2. The van der Waals surface area contributed by atoms with E-state index in [4.69, 9.17) is 4.74 Å². The van der Waals surface area contributed by atoms with Gasteiger partial charge in [0.25, 0.3) is 5.88 Å². The number of fused-ring (bicyclic) bond motifs is 1. The molecule has 5 rings (SSSR count). The summed E-state index contributed by atoms with van der Waals surface area (Å²) >= 11 is 0. The third-order valence-electron chi connectivity index (χ3n) is 6.02. The van der Waals surface area contributed by atoms with E-state index < -0.39 is 5.82 Å². The third kappa shape index (κ3) is 3.76. The fourth-order valence-corrected chi connectivity index (χ4v) is 4.33. The number of hydrogen-bond acceptors (Lipinski definition) is 7. The van der Waals surface area contributed by atoms with Crippen LogP contribution in [0.4, 0.5) is 16.0 Å². The Morgan fingerprint density at radius 3 is 3.00 bits per heavy atom. The Hall–Kier alpha value is -3.97. The Morgan fingerprint density at radius 2 is 2.21 bits per heavy atom. The standard InChI is InChI=1S/C23H23FN8O/c1-14-11-26-8-6-19(14)32-13-18(22(30-32)33-2)28-23-27-12-17(24)21(29-23)31-9-7-16-15(10-25)4-3-5-20(16)31/h3-5,7,9,12-14,19,26H,6,8,11H2,1-2H3,(H,27,28,29)/t14-,19-/m0/s1. The van der Waals surface area contributed by atoms with Crippen molar-refractivity contribution in [1.29, 1.82) is 5.26 Å². The smallest absolute Gasteiger partial charge is 0.256 e. The average molecular weight is 446 g/mol. The largest absolute Gasteiger partial charge is 0.478 e. The predicted octanol–water partition coefficient (Wildman–Crippen LogP) is 3.55. The van der Waals surface area contributed by atoms with Gasteiger partial charge in [0.05, 0.1) is 42.7 Å². The zero-order chi connectivity index (χ0) is 22.9. The maximum Gasteiger partial charge on any atom is 0.256 e. The number of methoxy groups -OCH3 is 1. The van der Waals surface area contributed by atoms with E-state index >= 15 is 0 Å². The number of halogens is 1. The van der Waals surface area contributed by atoms with Crippen LogP contribution < -0.4 is 15.4 Å². The quantitative estimate of drug-likeness (QED) is 0.483. The van der Waals surface area contributed by atoms with E-state index in [0.717, 1.165) is 31.1 Å². The van der Waals surface area contributed by atoms with Gasteiger partial charge < -0.3 is 15.4 Å². The van der Waals surface area contributed by atoms with Crippen molar-refractivity contribution in [3.8, 4) is 17.8 Å². The van der Waals surface area contributed by atoms with Crippen molar-refractivity contribution in [3.63, 3.8) is 0 Å². The summed E-state index contributed by atoms with van der Waals surface area (Å²) in [4.78, 5) is 8.51. The van der Waals surface area contributed by atoms with Crippen LogP contribution in [0, 0.1) is 23.1 Å². The summed E-state index contributed by atoms with van der Waals surface area (Å²) in [5.41, 5.74) is 1.80. The van der Waals surface area contributed by atoms with Crippen LogP contribution in [0.2, 0.25) is 0 Å². The number of aromatic nitrogens is 5. The van der Waals surface area contributed by atoms with E-state index in [9.17, 15) is 9.65 Å². The molecular weight excluding hydrogens is 423 g/mol. The highest BCUT2D eigenvalue weighted by Gasteiger charge is 2.25. The minimum absolute atomic E-state index is 0.0796. The van der Waals surface area contributed by atoms with Gasteiger partial charge in [-0.15, -0.1) is 5.10 Å². The van der Waals surface area contributed by atoms with Crippen LogP contribution in [-0.2, 0) is 0 Å². The number of piperidine rings is 1. The second kappa shape index (κ2) is 8.52. The number of nitriles is 1. The minimum Gasteiger partial charge on any atom is -0.478 e. The van der Waals surface area contributed by atoms with E-state index in [1.54, 1.807) is 36.1 Å². The number of anilines is 2. The Morgan fingerprint density at radius 1 is 1.33 bits per heavy atom. The van der Waals surface area contributed by atoms with Crippen LogP contribution in [0.1, 0.15) is 24.9 Å². The van der Waals surface area contributed by atoms with Crippen molar-refractivity contribution in [2.45, 2.75) is 19.4 Å². The normalized spacial score (nSPS) is 18.2. The molecule has 3 aromatic heterocycles. The van der Waals surface area contributed by atoms with Gasteiger partial charge in [-0.05, 0) is 43.6 Å². The molecule has 0 radical (unpaired) electrons. The second-order valence-corrected chi connectivity index (χ2v) is 8.10. The van der Waals surface area contributed by atoms with Crippen LogP contribution in [0.25, 0.3) is 16.7 Å². The minimum atomic E-state index is -0.577. The molecule has 168 valence electrons. The highest BCUT2D eigenvalue weighted by Crippen LogP contribution is 2.31. The van der Waals surface area contributed by atoms with Gasteiger partial charge in [-0.1, -0.05) is 13.0 Å². The van der Waals surface area contributed by atoms with Crippen molar-refractivity contribution in [2.24, 2.45) is 5.92 Å². The first-order valence-corrected chi connectivity index (χ1v) is 10.7. The maximum absolute atomic E-state index is 14.7. The molecule has 0 amide bonds. The molecule has 1 aliphatic heterocycles. The molecule has 9 nitrogen and oxygen atoms in total. The summed E-state index contributed by atoms with van der Waals surface area (Å²) in [6.45, 7) is 4.05. The molecule has 10 heteroatoms. The fraction of sp³-hybridized carbons (Fsp3) is 0.304. The van der Waals surface area contributed by atoms with E-state index in [0.29, 0.717) is 28.6 Å². The topological polar surface area (TPSA) is 106 Å². The van der Waals surface area contributed by atoms with Crippen LogP contribution in [0.5, 0.6) is 5.88 Å². The lowest BCUT2D eigenvalue weighted by Gasteiger charge is -2.29. The first-order valence-electron chi connectivity index (χ1n) is 10.7. The summed E-state index contributed by atoms with van der Waals surface area (Å²) < 4.78 is 23.7. The molecule has 0 saturated carbocycles. The SMILES string of the molecule is COc1nn([C@H]2CCNC[C@@H]2C)cc1Nc1ncc(F)c(-n2ccc3c(C#N)cccc32)n1. The van der Waals surface area contributed by atoms with Gasteiger partial charge in [0.2, 0.25) is 5.95 Å². The van der Waals surface area contributed by atoms with Gasteiger partial charge in [0.1, 0.15) is 5.69 Å². The molecule has 1 saturated heterocycles. The molecule has 1 aromatic carbocycles. The lowest BCUT2D eigenvalue weighted by atomic mass is 9.96. The summed E-state index contributed by atoms with van der Waals surface area (Å²) in [5.74, 6) is 0.550. The fourth-order valence-electron chi connectivity index (χ4n) is 4.33. The van der Waals surface area contributed by atoms with Gasteiger partial charge in [-0.25, -0.2) is 9.37 Å². The molecule has 0 bridgehead atoms. The molecule has 0 aliphatic carbocycles. The van der Waals surface area contributed by atoms with Crippen molar-refractivity contribution < 1.29 is 9.13 Å². The first kappa shape index (κ1) is 20.9. The van der Waals surface area contributed by atoms with Gasteiger partial charge in [0.15, 0.2) is 11.6 Å². The molecule has 2 atom stereocenters. The van der Waals surface area contributed by atoms with Gasteiger partial charge in [-0.3, -0.25) is 9.25 Å². The predicted molar refractivity (Wildman–Crippen MR) is 121 cm³/mol. The lowest BCUT2D eigenvalue weighted by molar-refractivity contribution is 0.250. The summed E-state index contributed by atoms with van der Waals surface area (Å²) in [5, 5.41) is 21.2. The van der Waals surface area contributed by atoms with E-state index in [2.05, 4.69) is 38.7 Å². The zero-order valence-electron chi connectivity index (χ0n) is 18.3. The molecule has 0 unspecified atom stereocenters. The van der Waals surface area contributed by atoms with E-state index in [-0.39, 0.29) is 17.8 Å². The van der Waals surface area contributed by atoms with Crippen LogP contribution in [0.15, 0.2) is 42.9 Å². The second-order valence-electron chi connectivity index (χ2n) is 8.10. The van der Waals surface area contributed by atoms with Gasteiger partial charge in [-0.2, -0.15) is 10.2 Å². The maximum atomic E-state index is 14.7. The highest BCUT2D eigenvalue weighted by molar-refractivity contribution is 5.87. The molecule has 0 spiro atoms. The van der Waals surface area contributed by atoms with Crippen molar-refractivity contribution in [1.82, 2.24) is 29.6 Å². The van der Waals surface area contributed by atoms with Crippen LogP contribution >= 0.6 is 0 Å². The molecule has 4 heterocycles. The number of nitrogens with zero attached hydrogens (tertiary/aromatic N) is 6. The highest BCUT2D eigenvalue weighted by atomic mass is 19.1.